The Morgan fingerprint density at radius 1 is 2.00 bits per heavy atom. The first-order valence-electron chi connectivity index (χ1n) is 1.13. The lowest BCUT2D eigenvalue weighted by Crippen LogP contribution is -1.92. The van der Waals surface area contributed by atoms with Gasteiger partial charge in [-0.2, -0.15) is 5.09 Å². The summed E-state index contributed by atoms with van der Waals surface area (Å²) in [5, 5.41) is 2.27. The average molecular weight is 140 g/mol. The molecule has 0 fully saturated rings. The molecule has 1 atom stereocenters. The second kappa shape index (κ2) is 3.53. The Labute approximate surface area is 46.9 Å². The van der Waals surface area contributed by atoms with Crippen LogP contribution in [0.5, 0.6) is 0 Å². The van der Waals surface area contributed by atoms with Crippen LogP contribution < -0.4 is 5.09 Å². The first-order chi connectivity index (χ1) is 2.77. The third-order valence-corrected chi connectivity index (χ3v) is 1.15. The minimum atomic E-state index is -0.941. The highest BCUT2D eigenvalue weighted by atomic mass is 32.9. The van der Waals surface area contributed by atoms with Crippen LogP contribution in [-0.2, 0) is 16.6 Å². The van der Waals surface area contributed by atoms with E-state index in [1.165, 1.54) is 0 Å². The third-order valence-electron chi connectivity index (χ3n) is 0.163. The van der Waals surface area contributed by atoms with Gasteiger partial charge < -0.3 is 0 Å². The standard InChI is InChI=1S/CH2NOPS2/c3-1-2-4(5)6/h1H,(H-,2,3,5,6)/p+1. The maximum absolute atomic E-state index is 9.40. The van der Waals surface area contributed by atoms with E-state index in [0.717, 1.165) is 0 Å². The van der Waals surface area contributed by atoms with Crippen molar-refractivity contribution in [3.8, 4) is 0 Å². The molecule has 0 aliphatic carbocycles. The number of hydrogen-bond acceptors (Lipinski definition) is 2. The predicted octanol–water partition coefficient (Wildman–Crippen LogP) is 0.436. The zero-order valence-electron chi connectivity index (χ0n) is 2.79. The molecule has 34 valence electrons. The van der Waals surface area contributed by atoms with Gasteiger partial charge in [0.1, 0.15) is 12.2 Å². The highest BCUT2D eigenvalue weighted by Gasteiger charge is 1.93. The normalized spacial score (nSPS) is 9.83. The van der Waals surface area contributed by atoms with E-state index in [2.05, 4.69) is 29.1 Å². The second-order valence-corrected chi connectivity index (χ2v) is 4.43. The highest BCUT2D eigenvalue weighted by Crippen LogP contribution is 2.17. The summed E-state index contributed by atoms with van der Waals surface area (Å²) >= 11 is 8.18. The van der Waals surface area contributed by atoms with Crippen molar-refractivity contribution < 1.29 is 4.79 Å². The molecule has 0 rings (SSSR count). The lowest BCUT2D eigenvalue weighted by atomic mass is 11.5. The van der Waals surface area contributed by atoms with E-state index in [1.807, 2.05) is 0 Å². The molecule has 5 heteroatoms. The number of rotatable bonds is 2. The first kappa shape index (κ1) is 6.34. The monoisotopic (exact) mass is 140 g/mol. The molecular weight excluding hydrogens is 137 g/mol. The Balaban J connectivity index is 3.05. The number of amides is 1. The quantitative estimate of drug-likeness (QED) is 0.331. The number of carbonyl (C=O) groups excluding carboxylic acids is 1. The van der Waals surface area contributed by atoms with E-state index in [1.54, 1.807) is 0 Å². The van der Waals surface area contributed by atoms with Gasteiger partial charge in [0.25, 0.3) is 0 Å². The van der Waals surface area contributed by atoms with Gasteiger partial charge in [-0.05, 0) is 0 Å². The Bertz CT molecular complexity index is 73.9. The van der Waals surface area contributed by atoms with Crippen LogP contribution in [0.25, 0.3) is 0 Å². The second-order valence-electron chi connectivity index (χ2n) is 0.520. The van der Waals surface area contributed by atoms with Gasteiger partial charge >= 0.3 is 6.05 Å². The van der Waals surface area contributed by atoms with Crippen molar-refractivity contribution in [2.24, 2.45) is 0 Å². The molecule has 0 spiro atoms. The minimum Gasteiger partial charge on any atom is -0.275 e. The van der Waals surface area contributed by atoms with Crippen molar-refractivity contribution >= 4 is 36.5 Å². The van der Waals surface area contributed by atoms with Crippen LogP contribution in [0.3, 0.4) is 0 Å². The molecule has 0 aromatic rings. The molecule has 0 aromatic carbocycles. The summed E-state index contributed by atoms with van der Waals surface area (Å²) in [7, 11) is 0. The Hall–Kier alpha value is 0.340. The van der Waals surface area contributed by atoms with Gasteiger partial charge in [0.2, 0.25) is 18.2 Å². The number of nitrogens with one attached hydrogen (secondary N) is 1. The van der Waals surface area contributed by atoms with E-state index in [9.17, 15) is 4.79 Å². The van der Waals surface area contributed by atoms with Crippen molar-refractivity contribution in [1.29, 1.82) is 0 Å². The van der Waals surface area contributed by atoms with Crippen molar-refractivity contribution in [3.63, 3.8) is 0 Å². The van der Waals surface area contributed by atoms with Crippen molar-refractivity contribution in [2.45, 2.75) is 0 Å². The number of carbonyl (C=O) groups is 1. The number of thiol groups is 1. The van der Waals surface area contributed by atoms with Crippen molar-refractivity contribution in [3.05, 3.63) is 0 Å². The Morgan fingerprint density at radius 2 is 2.50 bits per heavy atom. The molecule has 1 amide bonds. The molecule has 0 saturated heterocycles. The van der Waals surface area contributed by atoms with E-state index < -0.39 is 6.05 Å². The molecule has 0 radical (unpaired) electrons. The Kier molecular flexibility index (Phi) is 3.73. The highest BCUT2D eigenvalue weighted by molar-refractivity contribution is 8.55. The van der Waals surface area contributed by atoms with Gasteiger partial charge in [0.15, 0.2) is 0 Å². The van der Waals surface area contributed by atoms with Gasteiger partial charge in [-0.15, -0.1) is 0 Å². The van der Waals surface area contributed by atoms with Gasteiger partial charge in [-0.1, -0.05) is 0 Å². The molecule has 2 nitrogen and oxygen atoms in total. The molecule has 1 unspecified atom stereocenters. The number of hydrogen-bond donors (Lipinski definition) is 2. The molecule has 0 heterocycles. The maximum Gasteiger partial charge on any atom is 0.365 e. The summed E-state index contributed by atoms with van der Waals surface area (Å²) in [4.78, 5) is 9.40. The van der Waals surface area contributed by atoms with Gasteiger partial charge in [0.05, 0.1) is 0 Å². The lowest BCUT2D eigenvalue weighted by molar-refractivity contribution is -0.107. The average Bonchev–Trinajstić information content (AvgIpc) is 1.35. The summed E-state index contributed by atoms with van der Waals surface area (Å²) in [6.45, 7) is 0. The SMILES string of the molecule is O=CN[P+](=S)S. The maximum atomic E-state index is 9.40. The molecule has 0 aromatic heterocycles. The molecular formula is CH3NOPS2+. The molecule has 0 aliphatic heterocycles. The van der Waals surface area contributed by atoms with Gasteiger partial charge in [-0.25, -0.2) is 0 Å². The third kappa shape index (κ3) is 4.34. The molecule has 0 bridgehead atoms. The van der Waals surface area contributed by atoms with Crippen LogP contribution in [0.1, 0.15) is 0 Å². The first-order valence-corrected chi connectivity index (χ1v) is 4.64. The van der Waals surface area contributed by atoms with Crippen LogP contribution in [0.2, 0.25) is 0 Å². The van der Waals surface area contributed by atoms with E-state index >= 15 is 0 Å². The smallest absolute Gasteiger partial charge is 0.275 e. The van der Waals surface area contributed by atoms with Crippen molar-refractivity contribution in [2.75, 3.05) is 0 Å². The summed E-state index contributed by atoms with van der Waals surface area (Å²) in [6.07, 6.45) is 0.547. The van der Waals surface area contributed by atoms with E-state index in [0.29, 0.717) is 6.41 Å². The molecule has 1 N–H and O–H groups in total. The van der Waals surface area contributed by atoms with E-state index in [-0.39, 0.29) is 0 Å². The fourth-order valence-corrected chi connectivity index (χ4v) is 0.406. The van der Waals surface area contributed by atoms with Crippen LogP contribution in [0.15, 0.2) is 0 Å². The van der Waals surface area contributed by atoms with Crippen LogP contribution in [-0.4, -0.2) is 6.41 Å². The Morgan fingerprint density at radius 3 is 2.50 bits per heavy atom. The summed E-state index contributed by atoms with van der Waals surface area (Å²) in [5.74, 6) is 0. The topological polar surface area (TPSA) is 29.1 Å². The fraction of sp³-hybridized carbons (Fsp3) is 0. The van der Waals surface area contributed by atoms with Crippen LogP contribution in [0, 0.1) is 0 Å². The van der Waals surface area contributed by atoms with Crippen molar-refractivity contribution in [1.82, 2.24) is 5.09 Å². The molecule has 0 aliphatic rings. The zero-order chi connectivity index (χ0) is 4.99. The van der Waals surface area contributed by atoms with Gasteiger partial charge in [-0.3, -0.25) is 4.79 Å². The molecule has 6 heavy (non-hydrogen) atoms. The largest absolute Gasteiger partial charge is 0.365 e. The van der Waals surface area contributed by atoms with Crippen LogP contribution in [0.4, 0.5) is 0 Å². The van der Waals surface area contributed by atoms with Gasteiger partial charge in [0, 0.05) is 0 Å². The summed E-state index contributed by atoms with van der Waals surface area (Å²) < 4.78 is 0. The van der Waals surface area contributed by atoms with E-state index in [4.69, 9.17) is 0 Å². The minimum absolute atomic E-state index is 0.547. The molecule has 0 saturated carbocycles. The van der Waals surface area contributed by atoms with Crippen LogP contribution >= 0.6 is 18.3 Å². The summed E-state index contributed by atoms with van der Waals surface area (Å²) in [6, 6.07) is -0.941. The summed E-state index contributed by atoms with van der Waals surface area (Å²) in [5.41, 5.74) is 0. The zero-order valence-corrected chi connectivity index (χ0v) is 5.39. The predicted molar refractivity (Wildman–Crippen MR) is 32.5 cm³/mol. The lowest BCUT2D eigenvalue weighted by Gasteiger charge is -1.65. The fourth-order valence-electron chi connectivity index (χ4n) is 0.0451.